The van der Waals surface area contributed by atoms with Gasteiger partial charge in [0.25, 0.3) is 0 Å². The van der Waals surface area contributed by atoms with E-state index in [2.05, 4.69) is 57.3 Å². The minimum Gasteiger partial charge on any atom is -0.291 e. The van der Waals surface area contributed by atoms with Gasteiger partial charge in [-0.25, -0.2) is 0 Å². The predicted molar refractivity (Wildman–Crippen MR) is 111 cm³/mol. The normalized spacial score (nSPS) is 13.2. The molecule has 0 heterocycles. The van der Waals surface area contributed by atoms with Gasteiger partial charge in [-0.3, -0.25) is 9.80 Å². The molecule has 0 aromatic heterocycles. The molecule has 0 aliphatic carbocycles. The number of rotatable bonds is 17. The zero-order chi connectivity index (χ0) is 18.2. The fourth-order valence-electron chi connectivity index (χ4n) is 3.51. The number of unbranched alkanes of at least 4 members (excludes halogenated alkanes) is 6. The van der Waals surface area contributed by atoms with Crippen molar-refractivity contribution in [3.05, 3.63) is 12.7 Å². The summed E-state index contributed by atoms with van der Waals surface area (Å²) in [5, 5.41) is 0. The molecule has 0 rings (SSSR count). The van der Waals surface area contributed by atoms with Gasteiger partial charge in [-0.15, -0.1) is 6.58 Å². The van der Waals surface area contributed by atoms with E-state index >= 15 is 0 Å². The third-order valence-electron chi connectivity index (χ3n) is 5.56. The van der Waals surface area contributed by atoms with E-state index < -0.39 is 0 Å². The zero-order valence-electron chi connectivity index (χ0n) is 17.5. The van der Waals surface area contributed by atoms with Crippen molar-refractivity contribution in [2.75, 3.05) is 27.2 Å². The molecule has 0 saturated heterocycles. The van der Waals surface area contributed by atoms with E-state index in [1.54, 1.807) is 0 Å². The topological polar surface area (TPSA) is 6.48 Å². The molecule has 1 unspecified atom stereocenters. The van der Waals surface area contributed by atoms with Crippen LogP contribution >= 0.6 is 0 Å². The smallest absolute Gasteiger partial charge is 0.0617 e. The highest BCUT2D eigenvalue weighted by molar-refractivity contribution is 4.79. The van der Waals surface area contributed by atoms with E-state index in [0.717, 1.165) is 19.0 Å². The highest BCUT2D eigenvalue weighted by atomic mass is 15.3. The number of nitrogens with zero attached hydrogens (tertiary/aromatic N) is 2. The first kappa shape index (κ1) is 23.7. The van der Waals surface area contributed by atoms with Crippen LogP contribution in [0.2, 0.25) is 0 Å². The Hall–Kier alpha value is -0.340. The molecule has 0 fully saturated rings. The van der Waals surface area contributed by atoms with Crippen molar-refractivity contribution in [1.29, 1.82) is 0 Å². The van der Waals surface area contributed by atoms with Crippen LogP contribution in [0.3, 0.4) is 0 Å². The van der Waals surface area contributed by atoms with Crippen molar-refractivity contribution in [2.45, 2.75) is 97.6 Å². The summed E-state index contributed by atoms with van der Waals surface area (Å²) in [5.41, 5.74) is 0. The molecular formula is C22H46N2. The lowest BCUT2D eigenvalue weighted by Crippen LogP contribution is -2.44. The first-order valence-electron chi connectivity index (χ1n) is 10.6. The molecule has 0 aromatic carbocycles. The Morgan fingerprint density at radius 2 is 1.21 bits per heavy atom. The summed E-state index contributed by atoms with van der Waals surface area (Å²) in [6, 6.07) is 0. The molecule has 0 aliphatic heterocycles. The van der Waals surface area contributed by atoms with Gasteiger partial charge in [0.15, 0.2) is 0 Å². The highest BCUT2D eigenvalue weighted by Crippen LogP contribution is 2.20. The quantitative estimate of drug-likeness (QED) is 0.174. The Kier molecular flexibility index (Phi) is 15.9. The largest absolute Gasteiger partial charge is 0.291 e. The molecule has 0 radical (unpaired) electrons. The van der Waals surface area contributed by atoms with Crippen LogP contribution in [0.1, 0.15) is 91.4 Å². The van der Waals surface area contributed by atoms with E-state index in [-0.39, 0.29) is 0 Å². The summed E-state index contributed by atoms with van der Waals surface area (Å²) >= 11 is 0. The standard InChI is InChI=1S/C22H46N2/c1-7-11-12-13-14-15-16-18-21(8-2)19-17-20-22(23(5)9-3)24(6)10-4/h8,21-22H,2,7,9-20H2,1,3-6H3. The molecule has 0 amide bonds. The maximum absolute atomic E-state index is 4.08. The summed E-state index contributed by atoms with van der Waals surface area (Å²) in [4.78, 5) is 4.95. The Balaban J connectivity index is 3.92. The average molecular weight is 339 g/mol. The average Bonchev–Trinajstić information content (AvgIpc) is 2.61. The third-order valence-corrected chi connectivity index (χ3v) is 5.56. The lowest BCUT2D eigenvalue weighted by atomic mass is 9.94. The van der Waals surface area contributed by atoms with Gasteiger partial charge in [-0.1, -0.05) is 71.8 Å². The van der Waals surface area contributed by atoms with Gasteiger partial charge in [0.2, 0.25) is 0 Å². The molecule has 0 saturated carbocycles. The summed E-state index contributed by atoms with van der Waals surface area (Å²) in [7, 11) is 4.50. The van der Waals surface area contributed by atoms with E-state index in [1.807, 2.05) is 0 Å². The van der Waals surface area contributed by atoms with Gasteiger partial charge in [-0.2, -0.15) is 0 Å². The van der Waals surface area contributed by atoms with E-state index in [1.165, 1.54) is 70.6 Å². The van der Waals surface area contributed by atoms with E-state index in [9.17, 15) is 0 Å². The van der Waals surface area contributed by atoms with Crippen LogP contribution in [0.4, 0.5) is 0 Å². The summed E-state index contributed by atoms with van der Waals surface area (Å²) in [6.07, 6.45) is 17.9. The third kappa shape index (κ3) is 11.3. The zero-order valence-corrected chi connectivity index (χ0v) is 17.5. The second-order valence-electron chi connectivity index (χ2n) is 7.46. The first-order valence-corrected chi connectivity index (χ1v) is 10.6. The lowest BCUT2D eigenvalue weighted by molar-refractivity contribution is 0.0808. The van der Waals surface area contributed by atoms with E-state index in [0.29, 0.717) is 6.17 Å². The molecule has 0 bridgehead atoms. The van der Waals surface area contributed by atoms with Crippen LogP contribution in [0.25, 0.3) is 0 Å². The number of allylic oxidation sites excluding steroid dienone is 1. The molecule has 0 aliphatic rings. The molecule has 0 spiro atoms. The number of hydrogen-bond donors (Lipinski definition) is 0. The maximum atomic E-state index is 4.08. The summed E-state index contributed by atoms with van der Waals surface area (Å²) in [6.45, 7) is 13.1. The van der Waals surface area contributed by atoms with E-state index in [4.69, 9.17) is 0 Å². The van der Waals surface area contributed by atoms with Crippen LogP contribution < -0.4 is 0 Å². The van der Waals surface area contributed by atoms with Gasteiger partial charge < -0.3 is 0 Å². The molecule has 2 nitrogen and oxygen atoms in total. The SMILES string of the molecule is C=CC(CCCCCCCCC)CCCC(N(C)CC)N(C)CC. The fraction of sp³-hybridized carbons (Fsp3) is 0.909. The Morgan fingerprint density at radius 3 is 1.71 bits per heavy atom. The van der Waals surface area contributed by atoms with Crippen molar-refractivity contribution in [2.24, 2.45) is 5.92 Å². The second kappa shape index (κ2) is 16.1. The first-order chi connectivity index (χ1) is 11.6. The van der Waals surface area contributed by atoms with Crippen molar-refractivity contribution < 1.29 is 0 Å². The highest BCUT2D eigenvalue weighted by Gasteiger charge is 2.17. The van der Waals surface area contributed by atoms with Gasteiger partial charge in [0.05, 0.1) is 6.17 Å². The Labute approximate surface area is 153 Å². The van der Waals surface area contributed by atoms with Crippen LogP contribution in [0.5, 0.6) is 0 Å². The Morgan fingerprint density at radius 1 is 0.708 bits per heavy atom. The van der Waals surface area contributed by atoms with Gasteiger partial charge in [0, 0.05) is 0 Å². The van der Waals surface area contributed by atoms with Gasteiger partial charge in [-0.05, 0) is 58.8 Å². The minimum absolute atomic E-state index is 0.587. The predicted octanol–water partition coefficient (Wildman–Crippen LogP) is 6.33. The van der Waals surface area contributed by atoms with Gasteiger partial charge in [0.1, 0.15) is 0 Å². The molecule has 1 atom stereocenters. The van der Waals surface area contributed by atoms with Crippen LogP contribution in [-0.2, 0) is 0 Å². The van der Waals surface area contributed by atoms with Crippen molar-refractivity contribution in [1.82, 2.24) is 9.80 Å². The van der Waals surface area contributed by atoms with Crippen molar-refractivity contribution in [3.63, 3.8) is 0 Å². The monoisotopic (exact) mass is 338 g/mol. The maximum Gasteiger partial charge on any atom is 0.0617 e. The lowest BCUT2D eigenvalue weighted by Gasteiger charge is -2.34. The molecule has 144 valence electrons. The number of hydrogen-bond acceptors (Lipinski definition) is 2. The summed E-state index contributed by atoms with van der Waals surface area (Å²) < 4.78 is 0. The molecule has 24 heavy (non-hydrogen) atoms. The van der Waals surface area contributed by atoms with Crippen LogP contribution in [-0.4, -0.2) is 43.2 Å². The van der Waals surface area contributed by atoms with Gasteiger partial charge >= 0.3 is 0 Å². The minimum atomic E-state index is 0.587. The van der Waals surface area contributed by atoms with Crippen LogP contribution in [0, 0.1) is 5.92 Å². The van der Waals surface area contributed by atoms with Crippen LogP contribution in [0.15, 0.2) is 12.7 Å². The fourth-order valence-corrected chi connectivity index (χ4v) is 3.51. The van der Waals surface area contributed by atoms with Crippen molar-refractivity contribution >= 4 is 0 Å². The molecule has 0 aromatic rings. The Bertz CT molecular complexity index is 267. The molecule has 2 heteroatoms. The van der Waals surface area contributed by atoms with Crippen molar-refractivity contribution in [3.8, 4) is 0 Å². The molecular weight excluding hydrogens is 292 g/mol. The summed E-state index contributed by atoms with van der Waals surface area (Å²) in [5.74, 6) is 0.722. The second-order valence-corrected chi connectivity index (χ2v) is 7.46. The molecule has 0 N–H and O–H groups in total.